The summed E-state index contributed by atoms with van der Waals surface area (Å²) < 4.78 is 0. The number of aliphatic carboxylic acids is 1. The Morgan fingerprint density at radius 1 is 1.69 bits per heavy atom. The second-order valence-electron chi connectivity index (χ2n) is 3.70. The van der Waals surface area contributed by atoms with E-state index < -0.39 is 16.3 Å². The molecule has 3 nitrogen and oxygen atoms in total. The molecule has 1 saturated carbocycles. The second kappa shape index (κ2) is 2.74. The Labute approximate surface area is 81.6 Å². The molecule has 0 spiro atoms. The first-order valence-corrected chi connectivity index (χ1v) is 4.25. The van der Waals surface area contributed by atoms with Gasteiger partial charge in [-0.3, -0.25) is 4.79 Å². The zero-order valence-electron chi connectivity index (χ0n) is 7.41. The molecule has 0 heterocycles. The largest absolute Gasteiger partial charge is 0.480 e. The maximum Gasteiger partial charge on any atom is 0.325 e. The molecule has 0 amide bonds. The molecule has 0 aromatic heterocycles. The van der Waals surface area contributed by atoms with Crippen LogP contribution in [0.5, 0.6) is 0 Å². The molecule has 0 aromatic carbocycles. The lowest BCUT2D eigenvalue weighted by Crippen LogP contribution is -2.21. The van der Waals surface area contributed by atoms with Gasteiger partial charge in [0.25, 0.3) is 0 Å². The molecule has 0 radical (unpaired) electrons. The van der Waals surface area contributed by atoms with E-state index in [1.54, 1.807) is 19.9 Å². The van der Waals surface area contributed by atoms with Crippen LogP contribution in [-0.2, 0) is 4.79 Å². The molecule has 70 valence electrons. The Morgan fingerprint density at radius 3 is 2.54 bits per heavy atom. The molecule has 0 saturated heterocycles. The molecular weight excluding hydrogens is 190 g/mol. The number of allylic oxidation sites excluding steroid dienone is 2. The normalized spacial score (nSPS) is 35.7. The number of carboxylic acids is 1. The van der Waals surface area contributed by atoms with Crippen LogP contribution in [0.2, 0.25) is 0 Å². The van der Waals surface area contributed by atoms with Crippen LogP contribution in [0.15, 0.2) is 12.2 Å². The minimum Gasteiger partial charge on any atom is -0.480 e. The molecule has 1 rings (SSSR count). The molecule has 2 atom stereocenters. The van der Waals surface area contributed by atoms with E-state index in [-0.39, 0.29) is 5.92 Å². The summed E-state index contributed by atoms with van der Waals surface area (Å²) >= 11 is 5.91. The van der Waals surface area contributed by atoms with E-state index in [4.69, 9.17) is 22.0 Å². The summed E-state index contributed by atoms with van der Waals surface area (Å²) in [6.45, 7) is 3.56. The lowest BCUT2D eigenvalue weighted by molar-refractivity contribution is -0.138. The smallest absolute Gasteiger partial charge is 0.325 e. The van der Waals surface area contributed by atoms with E-state index in [1.807, 2.05) is 6.07 Å². The van der Waals surface area contributed by atoms with Gasteiger partial charge in [0.1, 0.15) is 0 Å². The van der Waals surface area contributed by atoms with Crippen molar-refractivity contribution in [2.45, 2.75) is 18.7 Å². The van der Waals surface area contributed by atoms with Crippen molar-refractivity contribution >= 4 is 17.6 Å². The molecule has 0 aromatic rings. The Morgan fingerprint density at radius 2 is 2.23 bits per heavy atom. The summed E-state index contributed by atoms with van der Waals surface area (Å²) in [6.07, 6.45) is 2.83. The summed E-state index contributed by atoms with van der Waals surface area (Å²) in [5, 5.41) is 17.2. The van der Waals surface area contributed by atoms with Crippen molar-refractivity contribution in [3.63, 3.8) is 0 Å². The van der Waals surface area contributed by atoms with E-state index in [1.165, 1.54) is 6.08 Å². The van der Waals surface area contributed by atoms with Crippen molar-refractivity contribution in [3.8, 4) is 6.07 Å². The van der Waals surface area contributed by atoms with E-state index in [2.05, 4.69) is 0 Å². The summed E-state index contributed by atoms with van der Waals surface area (Å²) in [4.78, 5) is 9.59. The van der Waals surface area contributed by atoms with Crippen LogP contribution in [0.3, 0.4) is 0 Å². The molecule has 2 unspecified atom stereocenters. The predicted octanol–water partition coefficient (Wildman–Crippen LogP) is 1.78. The van der Waals surface area contributed by atoms with E-state index >= 15 is 0 Å². The van der Waals surface area contributed by atoms with Gasteiger partial charge in [0.15, 0.2) is 4.87 Å². The standard InChI is InChI=1S/C9H10ClNO2/c1-8(2)6(4-3-5-11)9(8,10)7(12)13/h3-4,6H,1-2H3,(H,12,13). The molecule has 0 bridgehead atoms. The summed E-state index contributed by atoms with van der Waals surface area (Å²) in [5.41, 5.74) is -0.478. The third kappa shape index (κ3) is 1.13. The van der Waals surface area contributed by atoms with Gasteiger partial charge in [-0.2, -0.15) is 5.26 Å². The highest BCUT2D eigenvalue weighted by molar-refractivity contribution is 6.37. The second-order valence-corrected chi connectivity index (χ2v) is 4.30. The summed E-state index contributed by atoms with van der Waals surface area (Å²) in [6, 6.07) is 1.82. The number of nitrogens with zero attached hydrogens (tertiary/aromatic N) is 1. The average molecular weight is 200 g/mol. The molecule has 1 aliphatic carbocycles. The van der Waals surface area contributed by atoms with Gasteiger partial charge in [-0.05, 0) is 0 Å². The van der Waals surface area contributed by atoms with Gasteiger partial charge in [-0.25, -0.2) is 0 Å². The lowest BCUT2D eigenvalue weighted by Gasteiger charge is -2.03. The number of hydrogen-bond donors (Lipinski definition) is 1. The number of halogens is 1. The average Bonchev–Trinajstić information content (AvgIpc) is 2.45. The van der Waals surface area contributed by atoms with Gasteiger partial charge < -0.3 is 5.11 Å². The number of rotatable bonds is 2. The Hall–Kier alpha value is -1.01. The van der Waals surface area contributed by atoms with Crippen molar-refractivity contribution in [1.82, 2.24) is 0 Å². The summed E-state index contributed by atoms with van der Waals surface area (Å²) in [5.74, 6) is -1.29. The number of hydrogen-bond acceptors (Lipinski definition) is 2. The predicted molar refractivity (Wildman–Crippen MR) is 48.2 cm³/mol. The van der Waals surface area contributed by atoms with Crippen LogP contribution in [0.25, 0.3) is 0 Å². The van der Waals surface area contributed by atoms with Crippen LogP contribution in [0.4, 0.5) is 0 Å². The topological polar surface area (TPSA) is 61.1 Å². The number of carbonyl (C=O) groups is 1. The SMILES string of the molecule is CC1(C)C(C=CC#N)C1(Cl)C(=O)O. The number of nitriles is 1. The number of carboxylic acid groups (broad SMARTS) is 1. The zero-order chi connectivity index (χ0) is 10.3. The van der Waals surface area contributed by atoms with Gasteiger partial charge in [0.2, 0.25) is 0 Å². The van der Waals surface area contributed by atoms with Gasteiger partial charge in [0.05, 0.1) is 6.07 Å². The van der Waals surface area contributed by atoms with Gasteiger partial charge in [-0.1, -0.05) is 19.9 Å². The van der Waals surface area contributed by atoms with Crippen LogP contribution in [0, 0.1) is 22.7 Å². The Bertz CT molecular complexity index is 316. The molecule has 1 N–H and O–H groups in total. The van der Waals surface area contributed by atoms with E-state index in [0.717, 1.165) is 0 Å². The minimum atomic E-state index is -1.24. The molecule has 4 heteroatoms. The third-order valence-electron chi connectivity index (χ3n) is 2.73. The Balaban J connectivity index is 2.90. The monoisotopic (exact) mass is 199 g/mol. The van der Waals surface area contributed by atoms with E-state index in [9.17, 15) is 4.79 Å². The molecular formula is C9H10ClNO2. The van der Waals surface area contributed by atoms with Crippen molar-refractivity contribution in [1.29, 1.82) is 5.26 Å². The van der Waals surface area contributed by atoms with Crippen molar-refractivity contribution < 1.29 is 9.90 Å². The molecule has 0 aliphatic heterocycles. The lowest BCUT2D eigenvalue weighted by atomic mass is 10.1. The quantitative estimate of drug-likeness (QED) is 0.545. The van der Waals surface area contributed by atoms with Gasteiger partial charge in [-0.15, -0.1) is 11.6 Å². The van der Waals surface area contributed by atoms with Crippen LogP contribution >= 0.6 is 11.6 Å². The number of alkyl halides is 1. The molecule has 13 heavy (non-hydrogen) atoms. The van der Waals surface area contributed by atoms with Gasteiger partial charge in [0, 0.05) is 17.4 Å². The fourth-order valence-corrected chi connectivity index (χ4v) is 2.08. The fraction of sp³-hybridized carbons (Fsp3) is 0.556. The van der Waals surface area contributed by atoms with Crippen LogP contribution in [-0.4, -0.2) is 16.0 Å². The molecule has 1 fully saturated rings. The Kier molecular flexibility index (Phi) is 2.13. The highest BCUT2D eigenvalue weighted by atomic mass is 35.5. The highest BCUT2D eigenvalue weighted by Gasteiger charge is 2.74. The van der Waals surface area contributed by atoms with Crippen molar-refractivity contribution in [3.05, 3.63) is 12.2 Å². The van der Waals surface area contributed by atoms with Crippen LogP contribution < -0.4 is 0 Å². The molecule has 1 aliphatic rings. The van der Waals surface area contributed by atoms with E-state index in [0.29, 0.717) is 0 Å². The van der Waals surface area contributed by atoms with Crippen LogP contribution in [0.1, 0.15) is 13.8 Å². The van der Waals surface area contributed by atoms with Gasteiger partial charge >= 0.3 is 5.97 Å². The maximum absolute atomic E-state index is 10.8. The van der Waals surface area contributed by atoms with Crippen molar-refractivity contribution in [2.75, 3.05) is 0 Å². The first-order chi connectivity index (χ1) is 5.89. The third-order valence-corrected chi connectivity index (χ3v) is 3.62. The summed E-state index contributed by atoms with van der Waals surface area (Å²) in [7, 11) is 0. The first-order valence-electron chi connectivity index (χ1n) is 3.87. The fourth-order valence-electron chi connectivity index (χ4n) is 1.67. The maximum atomic E-state index is 10.8. The minimum absolute atomic E-state index is 0.265. The zero-order valence-corrected chi connectivity index (χ0v) is 8.17. The van der Waals surface area contributed by atoms with Crippen molar-refractivity contribution in [2.24, 2.45) is 11.3 Å². The first kappa shape index (κ1) is 10.1. The highest BCUT2D eigenvalue weighted by Crippen LogP contribution is 2.66.